The van der Waals surface area contributed by atoms with Crippen molar-refractivity contribution in [2.24, 2.45) is 5.18 Å². The summed E-state index contributed by atoms with van der Waals surface area (Å²) in [5.74, 6) is -2.19. The Hall–Kier alpha value is -3.35. The van der Waals surface area contributed by atoms with Crippen molar-refractivity contribution in [2.45, 2.75) is 19.3 Å². The van der Waals surface area contributed by atoms with Gasteiger partial charge in [-0.1, -0.05) is 29.9 Å². The van der Waals surface area contributed by atoms with E-state index in [4.69, 9.17) is 0 Å². The van der Waals surface area contributed by atoms with Gasteiger partial charge in [-0.05, 0) is 60.3 Å². The topological polar surface area (TPSA) is 70.6 Å². The highest BCUT2D eigenvalue weighted by atomic mass is 19.2. The number of amides is 1. The fraction of sp³-hybridized carbons (Fsp3) is 0.227. The third-order valence-electron chi connectivity index (χ3n) is 4.65. The zero-order valence-corrected chi connectivity index (χ0v) is 15.8. The number of carbonyl (C=O) groups is 1. The average Bonchev–Trinajstić information content (AvgIpc) is 2.75. The van der Waals surface area contributed by atoms with Crippen molar-refractivity contribution in [1.82, 2.24) is 5.32 Å². The van der Waals surface area contributed by atoms with Crippen LogP contribution in [0.25, 0.3) is 0 Å². The van der Waals surface area contributed by atoms with Crippen LogP contribution in [0, 0.1) is 16.5 Å². The number of benzene rings is 2. The lowest BCUT2D eigenvalue weighted by atomic mass is 10.1. The molecule has 0 bridgehead atoms. The number of nitroso groups, excluding NO2 is 1. The molecule has 0 fully saturated rings. The molecular formula is C22H21F2N3O2. The van der Waals surface area contributed by atoms with Crippen molar-refractivity contribution in [1.29, 1.82) is 0 Å². The Balaban J connectivity index is 1.57. The highest BCUT2D eigenvalue weighted by Gasteiger charge is 2.11. The summed E-state index contributed by atoms with van der Waals surface area (Å²) in [6.45, 7) is 0.849. The Labute approximate surface area is 167 Å². The third kappa shape index (κ3) is 5.57. The molecule has 0 radical (unpaired) electrons. The van der Waals surface area contributed by atoms with E-state index in [0.29, 0.717) is 29.8 Å². The van der Waals surface area contributed by atoms with Gasteiger partial charge in [0.2, 0.25) is 0 Å². The van der Waals surface area contributed by atoms with Gasteiger partial charge in [0, 0.05) is 18.7 Å². The molecule has 0 aromatic heterocycles. The van der Waals surface area contributed by atoms with Crippen LogP contribution in [0.3, 0.4) is 0 Å². The van der Waals surface area contributed by atoms with Crippen molar-refractivity contribution in [2.75, 3.05) is 18.4 Å². The number of rotatable bonds is 8. The predicted molar refractivity (Wildman–Crippen MR) is 109 cm³/mol. The highest BCUT2D eigenvalue weighted by molar-refractivity contribution is 5.96. The number of carbonyl (C=O) groups excluding carboxylic acids is 1. The smallest absolute Gasteiger partial charge is 0.251 e. The first-order valence-electron chi connectivity index (χ1n) is 9.35. The van der Waals surface area contributed by atoms with Gasteiger partial charge in [-0.2, -0.15) is 0 Å². The van der Waals surface area contributed by atoms with Crippen molar-refractivity contribution < 1.29 is 13.6 Å². The molecule has 5 nitrogen and oxygen atoms in total. The summed E-state index contributed by atoms with van der Waals surface area (Å²) in [5, 5.41) is 8.90. The molecule has 0 saturated heterocycles. The molecule has 0 aliphatic heterocycles. The van der Waals surface area contributed by atoms with Gasteiger partial charge in [-0.25, -0.2) is 8.78 Å². The molecule has 7 heteroatoms. The minimum Gasteiger partial charge on any atom is -0.379 e. The summed E-state index contributed by atoms with van der Waals surface area (Å²) in [4.78, 5) is 23.5. The van der Waals surface area contributed by atoms with E-state index in [1.807, 2.05) is 12.2 Å². The summed E-state index contributed by atoms with van der Waals surface area (Å²) >= 11 is 0. The Bertz CT molecular complexity index is 971. The maximum atomic E-state index is 13.2. The molecule has 3 rings (SSSR count). The van der Waals surface area contributed by atoms with E-state index >= 15 is 0 Å². The molecule has 0 heterocycles. The number of anilines is 1. The lowest BCUT2D eigenvalue weighted by Gasteiger charge is -2.13. The van der Waals surface area contributed by atoms with Crippen LogP contribution in [0.4, 0.5) is 20.2 Å². The first-order valence-corrected chi connectivity index (χ1v) is 9.35. The number of hydrogen-bond acceptors (Lipinski definition) is 4. The predicted octanol–water partition coefficient (Wildman–Crippen LogP) is 5.02. The van der Waals surface area contributed by atoms with E-state index in [9.17, 15) is 18.5 Å². The summed E-state index contributed by atoms with van der Waals surface area (Å²) < 4.78 is 26.2. The van der Waals surface area contributed by atoms with Crippen LogP contribution >= 0.6 is 0 Å². The monoisotopic (exact) mass is 397 g/mol. The van der Waals surface area contributed by atoms with Crippen LogP contribution in [0.2, 0.25) is 0 Å². The number of halogens is 2. The minimum atomic E-state index is -0.918. The van der Waals surface area contributed by atoms with Crippen molar-refractivity contribution in [3.05, 3.63) is 87.9 Å². The second-order valence-electron chi connectivity index (χ2n) is 6.72. The van der Waals surface area contributed by atoms with Crippen LogP contribution in [0.15, 0.2) is 65.4 Å². The molecule has 150 valence electrons. The first-order chi connectivity index (χ1) is 14.1. The third-order valence-corrected chi connectivity index (χ3v) is 4.65. The van der Waals surface area contributed by atoms with E-state index in [0.717, 1.165) is 25.0 Å². The number of nitrogens with one attached hydrogen (secondary N) is 2. The average molecular weight is 397 g/mol. The Kier molecular flexibility index (Phi) is 6.84. The number of hydrogen-bond donors (Lipinski definition) is 2. The molecule has 1 aliphatic rings. The normalized spacial score (nSPS) is 13.0. The van der Waals surface area contributed by atoms with E-state index in [2.05, 4.69) is 21.9 Å². The molecule has 0 saturated carbocycles. The van der Waals surface area contributed by atoms with E-state index in [1.54, 1.807) is 12.1 Å². The second-order valence-corrected chi connectivity index (χ2v) is 6.72. The van der Waals surface area contributed by atoms with Gasteiger partial charge < -0.3 is 10.6 Å². The lowest BCUT2D eigenvalue weighted by Crippen LogP contribution is -2.25. The summed E-state index contributed by atoms with van der Waals surface area (Å²) in [5.41, 5.74) is 2.82. The molecule has 2 aromatic carbocycles. The minimum absolute atomic E-state index is 0.158. The Morgan fingerprint density at radius 1 is 1.10 bits per heavy atom. The SMILES string of the molecule is O=Nc1cc(C(=O)NCCc2ccc(F)c(F)c2)ccc1NCC1=CC=CCC1. The van der Waals surface area contributed by atoms with Crippen LogP contribution in [-0.2, 0) is 6.42 Å². The summed E-state index contributed by atoms with van der Waals surface area (Å²) in [7, 11) is 0. The standard InChI is InChI=1S/C22H21F2N3O2/c23-18-8-6-15(12-19(18)24)10-11-25-22(28)17-7-9-20(21(13-17)27-29)26-14-16-4-2-1-3-5-16/h1-2,4,6-9,12-13,26H,3,5,10-11,14H2,(H,25,28). The van der Waals surface area contributed by atoms with E-state index in [-0.39, 0.29) is 18.1 Å². The van der Waals surface area contributed by atoms with Gasteiger partial charge >= 0.3 is 0 Å². The van der Waals surface area contributed by atoms with Gasteiger partial charge in [0.15, 0.2) is 11.6 Å². The van der Waals surface area contributed by atoms with Gasteiger partial charge in [-0.3, -0.25) is 4.79 Å². The molecule has 0 atom stereocenters. The molecule has 0 unspecified atom stereocenters. The second kappa shape index (κ2) is 9.73. The van der Waals surface area contributed by atoms with E-state index in [1.165, 1.54) is 17.7 Å². The fourth-order valence-electron chi connectivity index (χ4n) is 3.02. The molecule has 2 N–H and O–H groups in total. The molecule has 29 heavy (non-hydrogen) atoms. The largest absolute Gasteiger partial charge is 0.379 e. The number of nitrogens with zero attached hydrogens (tertiary/aromatic N) is 1. The lowest BCUT2D eigenvalue weighted by molar-refractivity contribution is 0.0954. The Morgan fingerprint density at radius 2 is 1.97 bits per heavy atom. The highest BCUT2D eigenvalue weighted by Crippen LogP contribution is 2.27. The van der Waals surface area contributed by atoms with Crippen LogP contribution in [-0.4, -0.2) is 19.0 Å². The quantitative estimate of drug-likeness (QED) is 0.614. The van der Waals surface area contributed by atoms with E-state index < -0.39 is 11.6 Å². The van der Waals surface area contributed by atoms with Gasteiger partial charge in [0.1, 0.15) is 5.69 Å². The van der Waals surface area contributed by atoms with Crippen LogP contribution in [0.1, 0.15) is 28.8 Å². The number of allylic oxidation sites excluding steroid dienone is 3. The summed E-state index contributed by atoms with van der Waals surface area (Å²) in [6, 6.07) is 8.32. The molecular weight excluding hydrogens is 376 g/mol. The van der Waals surface area contributed by atoms with Gasteiger partial charge in [0.05, 0.1) is 5.69 Å². The van der Waals surface area contributed by atoms with Crippen molar-refractivity contribution in [3.8, 4) is 0 Å². The molecule has 1 amide bonds. The summed E-state index contributed by atoms with van der Waals surface area (Å²) in [6.07, 6.45) is 8.46. The molecule has 0 spiro atoms. The Morgan fingerprint density at radius 3 is 2.69 bits per heavy atom. The van der Waals surface area contributed by atoms with Crippen LogP contribution in [0.5, 0.6) is 0 Å². The van der Waals surface area contributed by atoms with Gasteiger partial charge in [-0.15, -0.1) is 4.91 Å². The fourth-order valence-corrected chi connectivity index (χ4v) is 3.02. The zero-order valence-electron chi connectivity index (χ0n) is 15.8. The van der Waals surface area contributed by atoms with Crippen molar-refractivity contribution >= 4 is 17.3 Å². The molecule has 2 aromatic rings. The maximum absolute atomic E-state index is 13.2. The first kappa shape index (κ1) is 20.4. The maximum Gasteiger partial charge on any atom is 0.251 e. The molecule has 1 aliphatic carbocycles. The van der Waals surface area contributed by atoms with Crippen molar-refractivity contribution in [3.63, 3.8) is 0 Å². The van der Waals surface area contributed by atoms with Crippen LogP contribution < -0.4 is 10.6 Å². The zero-order chi connectivity index (χ0) is 20.6. The van der Waals surface area contributed by atoms with Gasteiger partial charge in [0.25, 0.3) is 5.91 Å².